The highest BCUT2D eigenvalue weighted by molar-refractivity contribution is 7.90. The van der Waals surface area contributed by atoms with Crippen LogP contribution in [0.3, 0.4) is 0 Å². The number of rotatable bonds is 3. The number of hydrogen-bond acceptors (Lipinski definition) is 3. The van der Waals surface area contributed by atoms with Gasteiger partial charge >= 0.3 is 5.97 Å². The molecule has 0 bridgehead atoms. The van der Waals surface area contributed by atoms with Crippen LogP contribution in [-0.4, -0.2) is 25.7 Å². The minimum atomic E-state index is -3.36. The van der Waals surface area contributed by atoms with Gasteiger partial charge in [0.15, 0.2) is 9.84 Å². The van der Waals surface area contributed by atoms with Gasteiger partial charge in [-0.2, -0.15) is 0 Å². The summed E-state index contributed by atoms with van der Waals surface area (Å²) >= 11 is 0. The second kappa shape index (κ2) is 3.86. The normalized spacial score (nSPS) is 15.4. The first-order valence-corrected chi connectivity index (χ1v) is 6.28. The predicted octanol–water partition coefficient (Wildman–Crippen LogP) is 1.36. The first kappa shape index (κ1) is 12.6. The number of benzene rings is 1. The number of alkyl halides is 1. The summed E-state index contributed by atoms with van der Waals surface area (Å²) in [7, 11) is -3.36. The molecule has 4 nitrogen and oxygen atoms in total. The predicted molar refractivity (Wildman–Crippen MR) is 55.6 cm³/mol. The summed E-state index contributed by atoms with van der Waals surface area (Å²) < 4.78 is 35.9. The molecule has 0 saturated heterocycles. The van der Waals surface area contributed by atoms with Gasteiger partial charge in [-0.3, -0.25) is 0 Å². The molecule has 0 aliphatic rings. The Morgan fingerprint density at radius 1 is 1.31 bits per heavy atom. The van der Waals surface area contributed by atoms with E-state index in [4.69, 9.17) is 5.11 Å². The van der Waals surface area contributed by atoms with E-state index in [0.717, 1.165) is 25.3 Å². The van der Waals surface area contributed by atoms with Gasteiger partial charge in [0.1, 0.15) is 0 Å². The van der Waals surface area contributed by atoms with E-state index in [9.17, 15) is 17.6 Å². The Morgan fingerprint density at radius 2 is 1.75 bits per heavy atom. The minimum Gasteiger partial charge on any atom is -0.479 e. The average Bonchev–Trinajstić information content (AvgIpc) is 2.16. The van der Waals surface area contributed by atoms with Crippen LogP contribution in [0.1, 0.15) is 12.5 Å². The van der Waals surface area contributed by atoms with Crippen LogP contribution in [0.2, 0.25) is 0 Å². The lowest BCUT2D eigenvalue weighted by Gasteiger charge is -2.15. The number of hydrogen-bond donors (Lipinski definition) is 1. The zero-order valence-corrected chi connectivity index (χ0v) is 9.58. The molecular formula is C10H11FO4S. The van der Waals surface area contributed by atoms with Crippen LogP contribution in [0.15, 0.2) is 29.2 Å². The van der Waals surface area contributed by atoms with E-state index >= 15 is 0 Å². The van der Waals surface area contributed by atoms with Gasteiger partial charge in [0.05, 0.1) is 4.90 Å². The summed E-state index contributed by atoms with van der Waals surface area (Å²) in [6.07, 6.45) is 1.02. The maximum Gasteiger partial charge on any atom is 0.345 e. The van der Waals surface area contributed by atoms with Crippen molar-refractivity contribution in [3.05, 3.63) is 29.8 Å². The maximum absolute atomic E-state index is 13.6. The second-order valence-electron chi connectivity index (χ2n) is 3.60. The largest absolute Gasteiger partial charge is 0.479 e. The molecule has 0 aliphatic heterocycles. The Balaban J connectivity index is 3.19. The summed E-state index contributed by atoms with van der Waals surface area (Å²) in [6.45, 7) is 0.908. The van der Waals surface area contributed by atoms with Gasteiger partial charge in [0.2, 0.25) is 5.67 Å². The minimum absolute atomic E-state index is 0.0254. The average molecular weight is 246 g/mol. The lowest BCUT2D eigenvalue weighted by molar-refractivity contribution is -0.150. The molecule has 0 aromatic heterocycles. The lowest BCUT2D eigenvalue weighted by atomic mass is 9.98. The maximum atomic E-state index is 13.6. The Hall–Kier alpha value is -1.43. The molecule has 0 radical (unpaired) electrons. The third kappa shape index (κ3) is 2.38. The van der Waals surface area contributed by atoms with E-state index in [1.54, 1.807) is 0 Å². The van der Waals surface area contributed by atoms with Crippen molar-refractivity contribution in [2.24, 2.45) is 0 Å². The van der Waals surface area contributed by atoms with E-state index in [2.05, 4.69) is 0 Å². The van der Waals surface area contributed by atoms with E-state index in [-0.39, 0.29) is 10.5 Å². The molecule has 0 spiro atoms. The van der Waals surface area contributed by atoms with Gasteiger partial charge in [-0.05, 0) is 19.1 Å². The topological polar surface area (TPSA) is 71.4 Å². The fourth-order valence-corrected chi connectivity index (χ4v) is 1.77. The molecule has 1 aromatic rings. The molecule has 6 heteroatoms. The fourth-order valence-electron chi connectivity index (χ4n) is 1.14. The van der Waals surface area contributed by atoms with Crippen LogP contribution in [0, 0.1) is 0 Å². The number of halogens is 1. The van der Waals surface area contributed by atoms with Gasteiger partial charge in [0.25, 0.3) is 0 Å². The van der Waals surface area contributed by atoms with Crippen LogP contribution in [0.5, 0.6) is 0 Å². The van der Waals surface area contributed by atoms with Gasteiger partial charge in [0, 0.05) is 11.8 Å². The van der Waals surface area contributed by atoms with Crippen molar-refractivity contribution in [1.82, 2.24) is 0 Å². The van der Waals surface area contributed by atoms with Crippen molar-refractivity contribution >= 4 is 15.8 Å². The number of carboxylic acid groups (broad SMARTS) is 1. The van der Waals surface area contributed by atoms with Crippen LogP contribution < -0.4 is 0 Å². The van der Waals surface area contributed by atoms with Gasteiger partial charge < -0.3 is 5.11 Å². The standard InChI is InChI=1S/C10H11FO4S/c1-10(11,9(12)13)7-3-5-8(6-4-7)16(2,14)15/h3-6H,1-2H3,(H,12,13). The molecule has 0 aliphatic carbocycles. The monoisotopic (exact) mass is 246 g/mol. The molecule has 1 atom stereocenters. The fraction of sp³-hybridized carbons (Fsp3) is 0.300. The molecule has 1 aromatic carbocycles. The van der Waals surface area contributed by atoms with Crippen LogP contribution in [0.4, 0.5) is 4.39 Å². The third-order valence-electron chi connectivity index (χ3n) is 2.23. The van der Waals surface area contributed by atoms with Crippen molar-refractivity contribution in [2.45, 2.75) is 17.5 Å². The van der Waals surface area contributed by atoms with Gasteiger partial charge in [-0.1, -0.05) is 12.1 Å². The molecule has 1 rings (SSSR count). The van der Waals surface area contributed by atoms with Crippen molar-refractivity contribution in [2.75, 3.05) is 6.26 Å². The zero-order chi connectivity index (χ0) is 12.6. The zero-order valence-electron chi connectivity index (χ0n) is 8.77. The van der Waals surface area contributed by atoms with E-state index in [1.807, 2.05) is 0 Å². The third-order valence-corrected chi connectivity index (χ3v) is 3.35. The second-order valence-corrected chi connectivity index (χ2v) is 5.62. The highest BCUT2D eigenvalue weighted by Crippen LogP contribution is 2.26. The quantitative estimate of drug-likeness (QED) is 0.874. The Labute approximate surface area is 92.6 Å². The summed E-state index contributed by atoms with van der Waals surface area (Å²) in [4.78, 5) is 10.6. The molecular weight excluding hydrogens is 235 g/mol. The molecule has 0 heterocycles. The number of sulfone groups is 1. The van der Waals surface area contributed by atoms with Crippen LogP contribution >= 0.6 is 0 Å². The summed E-state index contributed by atoms with van der Waals surface area (Å²) in [5.41, 5.74) is -2.61. The molecule has 0 fully saturated rings. The Kier molecular flexibility index (Phi) is 3.05. The van der Waals surface area contributed by atoms with Crippen molar-refractivity contribution in [3.8, 4) is 0 Å². The Bertz CT molecular complexity index is 502. The molecule has 1 N–H and O–H groups in total. The lowest BCUT2D eigenvalue weighted by Crippen LogP contribution is -2.26. The first-order chi connectivity index (χ1) is 7.15. The van der Waals surface area contributed by atoms with Crippen molar-refractivity contribution < 1.29 is 22.7 Å². The molecule has 88 valence electrons. The first-order valence-electron chi connectivity index (χ1n) is 4.38. The van der Waals surface area contributed by atoms with E-state index < -0.39 is 21.5 Å². The van der Waals surface area contributed by atoms with Gasteiger partial charge in [-0.15, -0.1) is 0 Å². The molecule has 16 heavy (non-hydrogen) atoms. The number of aliphatic carboxylic acids is 1. The molecule has 1 unspecified atom stereocenters. The van der Waals surface area contributed by atoms with Crippen molar-refractivity contribution in [1.29, 1.82) is 0 Å². The number of carboxylic acids is 1. The highest BCUT2D eigenvalue weighted by Gasteiger charge is 2.34. The summed E-state index contributed by atoms with van der Waals surface area (Å²) in [5.74, 6) is -1.61. The molecule has 0 saturated carbocycles. The summed E-state index contributed by atoms with van der Waals surface area (Å²) in [6, 6.07) is 4.69. The van der Waals surface area contributed by atoms with Crippen molar-refractivity contribution in [3.63, 3.8) is 0 Å². The Morgan fingerprint density at radius 3 is 2.06 bits per heavy atom. The van der Waals surface area contributed by atoms with Gasteiger partial charge in [-0.25, -0.2) is 17.6 Å². The van der Waals surface area contributed by atoms with E-state index in [1.165, 1.54) is 12.1 Å². The summed E-state index contributed by atoms with van der Waals surface area (Å²) in [5, 5.41) is 8.63. The number of carbonyl (C=O) groups is 1. The SMILES string of the molecule is CC(F)(C(=O)O)c1ccc(S(C)(=O)=O)cc1. The highest BCUT2D eigenvalue weighted by atomic mass is 32.2. The molecule has 0 amide bonds. The smallest absolute Gasteiger partial charge is 0.345 e. The van der Waals surface area contributed by atoms with Crippen LogP contribution in [-0.2, 0) is 20.3 Å². The van der Waals surface area contributed by atoms with E-state index in [0.29, 0.717) is 0 Å². The van der Waals surface area contributed by atoms with Crippen LogP contribution in [0.25, 0.3) is 0 Å².